The summed E-state index contributed by atoms with van der Waals surface area (Å²) in [6.07, 6.45) is 0. The number of sulfonamides is 1. The lowest BCUT2D eigenvalue weighted by atomic mass is 10.1. The highest BCUT2D eigenvalue weighted by atomic mass is 79.9. The molecule has 0 amide bonds. The Balaban J connectivity index is 2.58. The quantitative estimate of drug-likeness (QED) is 0.879. The van der Waals surface area contributed by atoms with Gasteiger partial charge in [-0.15, -0.1) is 0 Å². The number of aliphatic carboxylic acids is 1. The third kappa shape index (κ3) is 2.84. The zero-order valence-electron chi connectivity index (χ0n) is 10.5. The maximum Gasteiger partial charge on any atom is 0.321 e. The summed E-state index contributed by atoms with van der Waals surface area (Å²) >= 11 is 3.36. The van der Waals surface area contributed by atoms with E-state index in [1.807, 2.05) is 0 Å². The van der Waals surface area contributed by atoms with Crippen molar-refractivity contribution in [3.05, 3.63) is 40.9 Å². The fourth-order valence-corrected chi connectivity index (χ4v) is 3.70. The van der Waals surface area contributed by atoms with Crippen LogP contribution in [-0.4, -0.2) is 25.5 Å². The fraction of sp³-hybridized carbons (Fsp3) is 0.154. The second-order valence-electron chi connectivity index (χ2n) is 4.27. The maximum absolute atomic E-state index is 12.3. The van der Waals surface area contributed by atoms with Crippen LogP contribution in [-0.2, 0) is 14.8 Å². The van der Waals surface area contributed by atoms with E-state index < -0.39 is 22.0 Å². The lowest BCUT2D eigenvalue weighted by molar-refractivity contribution is -0.138. The molecule has 2 N–H and O–H groups in total. The molecule has 2 aromatic carbocycles. The molecule has 0 fully saturated rings. The Morgan fingerprint density at radius 1 is 1.20 bits per heavy atom. The van der Waals surface area contributed by atoms with E-state index >= 15 is 0 Å². The Morgan fingerprint density at radius 2 is 1.80 bits per heavy atom. The lowest BCUT2D eigenvalue weighted by Crippen LogP contribution is -2.38. The van der Waals surface area contributed by atoms with Crippen LogP contribution < -0.4 is 4.72 Å². The van der Waals surface area contributed by atoms with E-state index in [1.165, 1.54) is 13.0 Å². The molecule has 1 atom stereocenters. The van der Waals surface area contributed by atoms with Crippen LogP contribution in [0.4, 0.5) is 0 Å². The average Bonchev–Trinajstić information content (AvgIpc) is 2.38. The van der Waals surface area contributed by atoms with Crippen LogP contribution in [0.25, 0.3) is 10.8 Å². The summed E-state index contributed by atoms with van der Waals surface area (Å²) in [5, 5.41) is 10.1. The van der Waals surface area contributed by atoms with Crippen LogP contribution in [0.2, 0.25) is 0 Å². The van der Waals surface area contributed by atoms with Crippen molar-refractivity contribution in [1.29, 1.82) is 0 Å². The number of fused-ring (bicyclic) bond motifs is 1. The molecule has 7 heteroatoms. The minimum atomic E-state index is -3.90. The Bertz CT molecular complexity index is 773. The summed E-state index contributed by atoms with van der Waals surface area (Å²) in [4.78, 5) is 10.9. The number of hydrogen-bond donors (Lipinski definition) is 2. The summed E-state index contributed by atoms with van der Waals surface area (Å²) < 4.78 is 27.5. The number of carboxylic acids is 1. The van der Waals surface area contributed by atoms with Crippen molar-refractivity contribution in [1.82, 2.24) is 4.72 Å². The Kier molecular flexibility index (Phi) is 4.12. The zero-order chi connectivity index (χ0) is 14.9. The molecule has 0 saturated carbocycles. The van der Waals surface area contributed by atoms with Gasteiger partial charge in [0.2, 0.25) is 10.0 Å². The molecule has 2 aromatic rings. The monoisotopic (exact) mass is 357 g/mol. The van der Waals surface area contributed by atoms with Crippen LogP contribution in [0.15, 0.2) is 45.8 Å². The zero-order valence-corrected chi connectivity index (χ0v) is 12.9. The van der Waals surface area contributed by atoms with E-state index in [4.69, 9.17) is 5.11 Å². The van der Waals surface area contributed by atoms with Crippen molar-refractivity contribution in [3.63, 3.8) is 0 Å². The number of hydrogen-bond acceptors (Lipinski definition) is 3. The first-order valence-corrected chi connectivity index (χ1v) is 8.03. The molecule has 0 radical (unpaired) electrons. The van der Waals surface area contributed by atoms with Crippen molar-refractivity contribution in [2.45, 2.75) is 17.9 Å². The lowest BCUT2D eigenvalue weighted by Gasteiger charge is -2.12. The van der Waals surface area contributed by atoms with Gasteiger partial charge in [0, 0.05) is 9.86 Å². The Hall–Kier alpha value is -1.44. The first kappa shape index (κ1) is 15.0. The molecule has 1 unspecified atom stereocenters. The minimum absolute atomic E-state index is 0.0596. The van der Waals surface area contributed by atoms with Gasteiger partial charge in [-0.1, -0.05) is 40.2 Å². The van der Waals surface area contributed by atoms with Gasteiger partial charge in [-0.3, -0.25) is 4.79 Å². The molecule has 0 aliphatic rings. The summed E-state index contributed by atoms with van der Waals surface area (Å²) in [6, 6.07) is 8.89. The molecule has 0 aromatic heterocycles. The van der Waals surface area contributed by atoms with Gasteiger partial charge >= 0.3 is 5.97 Å². The number of carboxylic acid groups (broad SMARTS) is 1. The Morgan fingerprint density at radius 3 is 2.40 bits per heavy atom. The Labute approximate surface area is 124 Å². The molecule has 0 aliphatic heterocycles. The van der Waals surface area contributed by atoms with Crippen LogP contribution in [0.5, 0.6) is 0 Å². The highest BCUT2D eigenvalue weighted by Crippen LogP contribution is 2.29. The van der Waals surface area contributed by atoms with Gasteiger partial charge in [0.25, 0.3) is 0 Å². The van der Waals surface area contributed by atoms with E-state index in [1.54, 1.807) is 30.3 Å². The van der Waals surface area contributed by atoms with Gasteiger partial charge in [-0.25, -0.2) is 8.42 Å². The van der Waals surface area contributed by atoms with Gasteiger partial charge in [0.15, 0.2) is 0 Å². The molecule has 0 bridgehead atoms. The summed E-state index contributed by atoms with van der Waals surface area (Å²) in [5.41, 5.74) is 0. The predicted molar refractivity (Wildman–Crippen MR) is 79.1 cm³/mol. The first-order chi connectivity index (χ1) is 9.33. The van der Waals surface area contributed by atoms with E-state index in [-0.39, 0.29) is 4.90 Å². The SMILES string of the molecule is CC(NS(=O)(=O)c1ccc(Br)c2ccccc12)C(=O)O. The molecule has 2 rings (SSSR count). The van der Waals surface area contributed by atoms with Crippen LogP contribution in [0.3, 0.4) is 0 Å². The molecule has 0 aliphatic carbocycles. The summed E-state index contributed by atoms with van der Waals surface area (Å²) in [5.74, 6) is -1.23. The van der Waals surface area contributed by atoms with Gasteiger partial charge in [0.1, 0.15) is 6.04 Å². The van der Waals surface area contributed by atoms with Crippen LogP contribution >= 0.6 is 15.9 Å². The highest BCUT2D eigenvalue weighted by Gasteiger charge is 2.23. The smallest absolute Gasteiger partial charge is 0.321 e. The van der Waals surface area contributed by atoms with Crippen molar-refractivity contribution < 1.29 is 18.3 Å². The topological polar surface area (TPSA) is 83.5 Å². The van der Waals surface area contributed by atoms with Crippen LogP contribution in [0, 0.1) is 0 Å². The van der Waals surface area contributed by atoms with Crippen molar-refractivity contribution in [3.8, 4) is 0 Å². The first-order valence-electron chi connectivity index (χ1n) is 5.75. The standard InChI is InChI=1S/C13H12BrNO4S/c1-8(13(16)17)15-20(18,19)12-7-6-11(14)9-4-2-3-5-10(9)12/h2-8,15H,1H3,(H,16,17). The molecule has 0 spiro atoms. The summed E-state index contributed by atoms with van der Waals surface area (Å²) in [6.45, 7) is 1.28. The van der Waals surface area contributed by atoms with Gasteiger partial charge in [-0.05, 0) is 24.4 Å². The highest BCUT2D eigenvalue weighted by molar-refractivity contribution is 9.10. The number of nitrogens with one attached hydrogen (secondary N) is 1. The molecule has 0 saturated heterocycles. The van der Waals surface area contributed by atoms with E-state index in [9.17, 15) is 13.2 Å². The second kappa shape index (κ2) is 5.51. The van der Waals surface area contributed by atoms with E-state index in [0.717, 1.165) is 9.86 Å². The molecule has 20 heavy (non-hydrogen) atoms. The van der Waals surface area contributed by atoms with Crippen molar-refractivity contribution in [2.75, 3.05) is 0 Å². The van der Waals surface area contributed by atoms with Crippen LogP contribution in [0.1, 0.15) is 6.92 Å². The number of carbonyl (C=O) groups is 1. The third-order valence-electron chi connectivity index (χ3n) is 2.82. The number of benzene rings is 2. The molecular weight excluding hydrogens is 346 g/mol. The summed E-state index contributed by atoms with van der Waals surface area (Å²) in [7, 11) is -3.90. The predicted octanol–water partition coefficient (Wildman–Crippen LogP) is 2.35. The van der Waals surface area contributed by atoms with Gasteiger partial charge in [-0.2, -0.15) is 4.72 Å². The van der Waals surface area contributed by atoms with Gasteiger partial charge in [0.05, 0.1) is 4.90 Å². The molecule has 106 valence electrons. The molecular formula is C13H12BrNO4S. The van der Waals surface area contributed by atoms with Gasteiger partial charge < -0.3 is 5.11 Å². The minimum Gasteiger partial charge on any atom is -0.480 e. The molecule has 5 nitrogen and oxygen atoms in total. The van der Waals surface area contributed by atoms with E-state index in [2.05, 4.69) is 20.7 Å². The van der Waals surface area contributed by atoms with Crippen molar-refractivity contribution >= 4 is 42.7 Å². The largest absolute Gasteiger partial charge is 0.480 e. The maximum atomic E-state index is 12.3. The average molecular weight is 358 g/mol. The third-order valence-corrected chi connectivity index (χ3v) is 5.11. The van der Waals surface area contributed by atoms with Crippen molar-refractivity contribution in [2.24, 2.45) is 0 Å². The van der Waals surface area contributed by atoms with E-state index in [0.29, 0.717) is 5.39 Å². The molecule has 0 heterocycles. The second-order valence-corrected chi connectivity index (χ2v) is 6.81. The number of halogens is 1. The number of rotatable bonds is 4. The fourth-order valence-electron chi connectivity index (χ4n) is 1.82. The normalized spacial score (nSPS) is 13.3.